The second-order valence-electron chi connectivity index (χ2n) is 5.37. The van der Waals surface area contributed by atoms with Crippen molar-refractivity contribution >= 4 is 21.7 Å². The van der Waals surface area contributed by atoms with Crippen LogP contribution in [0.15, 0.2) is 41.3 Å². The lowest BCUT2D eigenvalue weighted by atomic mass is 10.1. The number of carboxylic acids is 1. The summed E-state index contributed by atoms with van der Waals surface area (Å²) in [6.07, 6.45) is 0. The maximum absolute atomic E-state index is 13.5. The fraction of sp³-hybridized carbons (Fsp3) is 0.176. The number of nitriles is 1. The lowest BCUT2D eigenvalue weighted by Crippen LogP contribution is -2.32. The first-order valence-corrected chi connectivity index (χ1v) is 8.62. The molecule has 0 aliphatic rings. The molecule has 0 aromatic heterocycles. The predicted octanol–water partition coefficient (Wildman–Crippen LogP) is 2.86. The minimum absolute atomic E-state index is 0.0145. The van der Waals surface area contributed by atoms with E-state index in [1.165, 1.54) is 18.2 Å². The third-order valence-electron chi connectivity index (χ3n) is 3.75. The van der Waals surface area contributed by atoms with Crippen LogP contribution < -0.4 is 4.31 Å². The average Bonchev–Trinajstić information content (AvgIpc) is 2.54. The van der Waals surface area contributed by atoms with Gasteiger partial charge in [-0.15, -0.1) is 0 Å². The predicted molar refractivity (Wildman–Crippen MR) is 89.4 cm³/mol. The third kappa shape index (κ3) is 3.61. The summed E-state index contributed by atoms with van der Waals surface area (Å²) >= 11 is 0. The van der Waals surface area contributed by atoms with Crippen LogP contribution in [0.2, 0.25) is 0 Å². The number of anilines is 1. The number of sulfonamides is 1. The SMILES string of the molecule is Cc1cc(C(=O)O)cc(S(=O)(=O)N(CC#N)c2cccc(F)c2)c1C. The molecule has 0 fully saturated rings. The largest absolute Gasteiger partial charge is 0.478 e. The number of nitrogens with zero attached hydrogens (tertiary/aromatic N) is 2. The molecule has 0 heterocycles. The van der Waals surface area contributed by atoms with Crippen molar-refractivity contribution in [2.45, 2.75) is 18.7 Å². The molecule has 0 saturated carbocycles. The first kappa shape index (κ1) is 18.4. The maximum atomic E-state index is 13.5. The van der Waals surface area contributed by atoms with Gasteiger partial charge in [0.15, 0.2) is 0 Å². The fourth-order valence-electron chi connectivity index (χ4n) is 2.35. The molecule has 2 rings (SSSR count). The van der Waals surface area contributed by atoms with Gasteiger partial charge >= 0.3 is 5.97 Å². The molecule has 2 aromatic rings. The van der Waals surface area contributed by atoms with Crippen molar-refractivity contribution in [3.63, 3.8) is 0 Å². The molecule has 130 valence electrons. The van der Waals surface area contributed by atoms with Gasteiger partial charge in [-0.1, -0.05) is 6.07 Å². The molecule has 6 nitrogen and oxygen atoms in total. The number of aryl methyl sites for hydroxylation is 1. The quantitative estimate of drug-likeness (QED) is 0.825. The minimum Gasteiger partial charge on any atom is -0.478 e. The van der Waals surface area contributed by atoms with Crippen LogP contribution in [-0.4, -0.2) is 26.0 Å². The summed E-state index contributed by atoms with van der Waals surface area (Å²) < 4.78 is 40.3. The number of benzene rings is 2. The zero-order valence-electron chi connectivity index (χ0n) is 13.5. The number of hydrogen-bond donors (Lipinski definition) is 1. The van der Waals surface area contributed by atoms with Crippen molar-refractivity contribution in [3.8, 4) is 6.07 Å². The summed E-state index contributed by atoms with van der Waals surface area (Å²) in [5.74, 6) is -1.92. The molecule has 0 aliphatic carbocycles. The summed E-state index contributed by atoms with van der Waals surface area (Å²) in [6, 6.07) is 9.00. The van der Waals surface area contributed by atoms with E-state index in [0.29, 0.717) is 11.1 Å². The lowest BCUT2D eigenvalue weighted by Gasteiger charge is -2.23. The molecular weight excluding hydrogens is 347 g/mol. The van der Waals surface area contributed by atoms with Gasteiger partial charge < -0.3 is 5.11 Å². The van der Waals surface area contributed by atoms with Crippen molar-refractivity contribution in [3.05, 3.63) is 58.9 Å². The molecule has 0 amide bonds. The topological polar surface area (TPSA) is 98.5 Å². The molecule has 0 atom stereocenters. The zero-order valence-corrected chi connectivity index (χ0v) is 14.3. The van der Waals surface area contributed by atoms with Gasteiger partial charge in [0.2, 0.25) is 0 Å². The van der Waals surface area contributed by atoms with E-state index in [4.69, 9.17) is 5.26 Å². The number of rotatable bonds is 5. The molecule has 0 saturated heterocycles. The fourth-order valence-corrected chi connectivity index (χ4v) is 4.03. The van der Waals surface area contributed by atoms with Crippen LogP contribution >= 0.6 is 0 Å². The van der Waals surface area contributed by atoms with Crippen molar-refractivity contribution < 1.29 is 22.7 Å². The molecule has 0 unspecified atom stereocenters. The van der Waals surface area contributed by atoms with E-state index in [0.717, 1.165) is 22.5 Å². The number of aromatic carboxylic acids is 1. The Bertz CT molecular complexity index is 981. The van der Waals surface area contributed by atoms with Gasteiger partial charge in [-0.05, 0) is 55.3 Å². The standard InChI is InChI=1S/C17H15FN2O4S/c1-11-8-13(17(21)22)9-16(12(11)2)25(23,24)20(7-6-19)15-5-3-4-14(18)10-15/h3-5,8-10H,7H2,1-2H3,(H,21,22). The van der Waals surface area contributed by atoms with Crippen molar-refractivity contribution in [1.82, 2.24) is 0 Å². The van der Waals surface area contributed by atoms with Crippen LogP contribution in [-0.2, 0) is 10.0 Å². The van der Waals surface area contributed by atoms with Crippen LogP contribution in [0.3, 0.4) is 0 Å². The Morgan fingerprint density at radius 1 is 1.28 bits per heavy atom. The van der Waals surface area contributed by atoms with E-state index in [9.17, 15) is 22.7 Å². The summed E-state index contributed by atoms with van der Waals surface area (Å²) in [6.45, 7) is 2.60. The summed E-state index contributed by atoms with van der Waals surface area (Å²) in [5.41, 5.74) is 0.649. The highest BCUT2D eigenvalue weighted by Gasteiger charge is 2.28. The Balaban J connectivity index is 2.70. The van der Waals surface area contributed by atoms with Gasteiger partial charge in [0.25, 0.3) is 10.0 Å². The molecule has 2 aromatic carbocycles. The second kappa shape index (κ2) is 6.91. The van der Waals surface area contributed by atoms with E-state index in [1.54, 1.807) is 19.9 Å². The summed E-state index contributed by atoms with van der Waals surface area (Å²) in [7, 11) is -4.26. The monoisotopic (exact) mass is 362 g/mol. The molecule has 0 radical (unpaired) electrons. The molecular formula is C17H15FN2O4S. The number of carbonyl (C=O) groups is 1. The third-order valence-corrected chi connectivity index (χ3v) is 5.65. The van der Waals surface area contributed by atoms with Gasteiger partial charge in [-0.25, -0.2) is 17.6 Å². The lowest BCUT2D eigenvalue weighted by molar-refractivity contribution is 0.0696. The minimum atomic E-state index is -4.26. The van der Waals surface area contributed by atoms with Crippen LogP contribution in [0.1, 0.15) is 21.5 Å². The average molecular weight is 362 g/mol. The Labute approximate surface area is 144 Å². The second-order valence-corrected chi connectivity index (χ2v) is 7.20. The summed E-state index contributed by atoms with van der Waals surface area (Å²) in [5, 5.41) is 18.2. The van der Waals surface area contributed by atoms with Gasteiger partial charge in [-0.2, -0.15) is 5.26 Å². The Hall–Kier alpha value is -2.92. The molecule has 8 heteroatoms. The van der Waals surface area contributed by atoms with E-state index in [2.05, 4.69) is 0 Å². The van der Waals surface area contributed by atoms with Gasteiger partial charge in [0.1, 0.15) is 12.4 Å². The Morgan fingerprint density at radius 3 is 2.52 bits per heavy atom. The first-order valence-electron chi connectivity index (χ1n) is 7.18. The molecule has 0 aliphatic heterocycles. The van der Waals surface area contributed by atoms with Crippen LogP contribution in [0, 0.1) is 31.0 Å². The van der Waals surface area contributed by atoms with Crippen molar-refractivity contribution in [2.75, 3.05) is 10.8 Å². The maximum Gasteiger partial charge on any atom is 0.335 e. The number of halogens is 1. The Morgan fingerprint density at radius 2 is 1.96 bits per heavy atom. The van der Waals surface area contributed by atoms with Crippen LogP contribution in [0.4, 0.5) is 10.1 Å². The molecule has 1 N–H and O–H groups in total. The number of hydrogen-bond acceptors (Lipinski definition) is 4. The normalized spacial score (nSPS) is 11.0. The van der Waals surface area contributed by atoms with Gasteiger partial charge in [0, 0.05) is 0 Å². The van der Waals surface area contributed by atoms with Gasteiger partial charge in [-0.3, -0.25) is 4.31 Å². The molecule has 0 spiro atoms. The van der Waals surface area contributed by atoms with Crippen LogP contribution in [0.25, 0.3) is 0 Å². The van der Waals surface area contributed by atoms with E-state index >= 15 is 0 Å². The number of carboxylic acid groups (broad SMARTS) is 1. The van der Waals surface area contributed by atoms with Crippen LogP contribution in [0.5, 0.6) is 0 Å². The van der Waals surface area contributed by atoms with Crippen molar-refractivity contribution in [2.24, 2.45) is 0 Å². The highest BCUT2D eigenvalue weighted by atomic mass is 32.2. The van der Waals surface area contributed by atoms with E-state index in [-0.39, 0.29) is 16.1 Å². The highest BCUT2D eigenvalue weighted by Crippen LogP contribution is 2.28. The summed E-state index contributed by atoms with van der Waals surface area (Å²) in [4.78, 5) is 11.0. The Kier molecular flexibility index (Phi) is 5.09. The smallest absolute Gasteiger partial charge is 0.335 e. The van der Waals surface area contributed by atoms with E-state index in [1.807, 2.05) is 0 Å². The van der Waals surface area contributed by atoms with E-state index < -0.39 is 28.4 Å². The van der Waals surface area contributed by atoms with Crippen molar-refractivity contribution in [1.29, 1.82) is 5.26 Å². The molecule has 25 heavy (non-hydrogen) atoms. The highest BCUT2D eigenvalue weighted by molar-refractivity contribution is 7.92. The van der Waals surface area contributed by atoms with Gasteiger partial charge in [0.05, 0.1) is 22.2 Å². The first-order chi connectivity index (χ1) is 11.7. The molecule has 0 bridgehead atoms. The zero-order chi connectivity index (χ0) is 18.8.